The molecule has 0 radical (unpaired) electrons. The SMILES string of the molecule is NC(=S)S.NC(=S)S.OCC(O)CO. The fourth-order valence-corrected chi connectivity index (χ4v) is 0.0577. The number of thiol groups is 2. The smallest absolute Gasteiger partial charge is 0.128 e. The van der Waals surface area contributed by atoms with E-state index in [1.807, 2.05) is 0 Å². The average Bonchev–Trinajstić information content (AvgIpc) is 2.01. The number of hydrogen-bond acceptors (Lipinski definition) is 5. The van der Waals surface area contributed by atoms with Crippen LogP contribution in [0.1, 0.15) is 0 Å². The standard InChI is InChI=1S/C3H8O3.2CH3NS2/c4-1-3(6)2-5;2*2-1(3)4/h3-6H,1-2H2;2*(H3,2,3,4). The summed E-state index contributed by atoms with van der Waals surface area (Å²) in [6.07, 6.45) is -0.954. The molecule has 0 aromatic heterocycles. The molecule has 9 heteroatoms. The van der Waals surface area contributed by atoms with Crippen LogP contribution in [0.2, 0.25) is 0 Å². The maximum absolute atomic E-state index is 8.17. The summed E-state index contributed by atoms with van der Waals surface area (Å²) in [6, 6.07) is 0. The van der Waals surface area contributed by atoms with Crippen molar-refractivity contribution in [3.8, 4) is 0 Å². The van der Waals surface area contributed by atoms with Gasteiger partial charge in [0.25, 0.3) is 0 Å². The third-order valence-electron chi connectivity index (χ3n) is 0.421. The Balaban J connectivity index is -0.000000135. The largest absolute Gasteiger partial charge is 0.394 e. The molecule has 0 spiro atoms. The van der Waals surface area contributed by atoms with E-state index in [2.05, 4.69) is 49.7 Å². The second kappa shape index (κ2) is 15.8. The molecule has 0 bridgehead atoms. The van der Waals surface area contributed by atoms with Gasteiger partial charge >= 0.3 is 0 Å². The first kappa shape index (κ1) is 19.9. The predicted molar refractivity (Wildman–Crippen MR) is 71.7 cm³/mol. The van der Waals surface area contributed by atoms with Crippen molar-refractivity contribution in [2.45, 2.75) is 6.10 Å². The Bertz CT molecular complexity index is 134. The van der Waals surface area contributed by atoms with Crippen LogP contribution in [-0.2, 0) is 0 Å². The third-order valence-corrected chi connectivity index (χ3v) is 0.421. The molecule has 86 valence electrons. The Kier molecular flexibility index (Phi) is 22.4. The lowest BCUT2D eigenvalue weighted by Crippen LogP contribution is -2.15. The lowest BCUT2D eigenvalue weighted by Gasteiger charge is -1.96. The zero-order valence-corrected chi connectivity index (χ0v) is 10.6. The van der Waals surface area contributed by atoms with Gasteiger partial charge in [0.05, 0.1) is 13.2 Å². The van der Waals surface area contributed by atoms with Crippen molar-refractivity contribution in [2.75, 3.05) is 13.2 Å². The Morgan fingerprint density at radius 1 is 1.07 bits per heavy atom. The quantitative estimate of drug-likeness (QED) is 0.247. The summed E-state index contributed by atoms with van der Waals surface area (Å²) < 4.78 is 0.389. The maximum Gasteiger partial charge on any atom is 0.128 e. The van der Waals surface area contributed by atoms with Crippen molar-refractivity contribution in [3.05, 3.63) is 0 Å². The second-order valence-corrected chi connectivity index (χ2v) is 4.14. The zero-order chi connectivity index (χ0) is 12.1. The van der Waals surface area contributed by atoms with Crippen LogP contribution in [0.4, 0.5) is 0 Å². The number of aliphatic hydroxyl groups excluding tert-OH is 3. The van der Waals surface area contributed by atoms with E-state index in [0.717, 1.165) is 0 Å². The third kappa shape index (κ3) is 83.9. The van der Waals surface area contributed by atoms with Gasteiger partial charge in [-0.25, -0.2) is 0 Å². The molecule has 0 amide bonds. The minimum absolute atomic E-state index is 0.194. The van der Waals surface area contributed by atoms with Crippen LogP contribution in [0, 0.1) is 0 Å². The molecule has 0 aliphatic rings. The number of nitrogens with two attached hydrogens (primary N) is 2. The van der Waals surface area contributed by atoms with Gasteiger partial charge in [-0.15, -0.1) is 25.3 Å². The van der Waals surface area contributed by atoms with E-state index in [0.29, 0.717) is 0 Å². The summed E-state index contributed by atoms with van der Waals surface area (Å²) in [5.41, 5.74) is 9.41. The van der Waals surface area contributed by atoms with Gasteiger partial charge in [-0.2, -0.15) is 0 Å². The Morgan fingerprint density at radius 3 is 1.21 bits per heavy atom. The van der Waals surface area contributed by atoms with Crippen molar-refractivity contribution >= 4 is 58.3 Å². The summed E-state index contributed by atoms with van der Waals surface area (Å²) in [4.78, 5) is 0. The first-order valence-corrected chi connectivity index (χ1v) is 4.85. The molecule has 14 heavy (non-hydrogen) atoms. The molecule has 0 heterocycles. The van der Waals surface area contributed by atoms with Gasteiger partial charge in [0.15, 0.2) is 0 Å². The number of rotatable bonds is 2. The highest BCUT2D eigenvalue weighted by Crippen LogP contribution is 1.71. The highest BCUT2D eigenvalue weighted by Gasteiger charge is 1.93. The summed E-state index contributed by atoms with van der Waals surface area (Å²) in [5, 5.41) is 24.0. The summed E-state index contributed by atoms with van der Waals surface area (Å²) in [7, 11) is 0. The lowest BCUT2D eigenvalue weighted by atomic mass is 10.4. The molecule has 0 saturated carbocycles. The van der Waals surface area contributed by atoms with Crippen molar-refractivity contribution in [3.63, 3.8) is 0 Å². The molecule has 5 nitrogen and oxygen atoms in total. The van der Waals surface area contributed by atoms with Gasteiger partial charge in [0.2, 0.25) is 0 Å². The Hall–Kier alpha value is 0.360. The van der Waals surface area contributed by atoms with Crippen LogP contribution in [0.25, 0.3) is 0 Å². The van der Waals surface area contributed by atoms with Crippen molar-refractivity contribution in [1.82, 2.24) is 0 Å². The molecule has 0 aromatic carbocycles. The van der Waals surface area contributed by atoms with E-state index >= 15 is 0 Å². The number of thiocarbonyl (C=S) groups is 2. The fraction of sp³-hybridized carbons (Fsp3) is 0.600. The molecule has 0 fully saturated rings. The van der Waals surface area contributed by atoms with E-state index in [4.69, 9.17) is 26.8 Å². The van der Waals surface area contributed by atoms with Crippen molar-refractivity contribution in [1.29, 1.82) is 0 Å². The van der Waals surface area contributed by atoms with Crippen LogP contribution in [0.15, 0.2) is 0 Å². The van der Waals surface area contributed by atoms with Crippen LogP contribution >= 0.6 is 49.7 Å². The summed E-state index contributed by atoms with van der Waals surface area (Å²) >= 11 is 15.3. The highest BCUT2D eigenvalue weighted by molar-refractivity contribution is 8.11. The van der Waals surface area contributed by atoms with E-state index in [1.54, 1.807) is 0 Å². The average molecular weight is 278 g/mol. The van der Waals surface area contributed by atoms with Gasteiger partial charge < -0.3 is 26.8 Å². The van der Waals surface area contributed by atoms with Gasteiger partial charge in [-0.3, -0.25) is 0 Å². The van der Waals surface area contributed by atoms with Gasteiger partial charge in [-0.05, 0) is 0 Å². The topological polar surface area (TPSA) is 113 Å². The predicted octanol–water partition coefficient (Wildman–Crippen LogP) is -1.35. The normalized spacial score (nSPS) is 7.86. The lowest BCUT2D eigenvalue weighted by molar-refractivity contribution is 0.0450. The van der Waals surface area contributed by atoms with E-state index in [-0.39, 0.29) is 21.9 Å². The zero-order valence-electron chi connectivity index (χ0n) is 7.20. The molecule has 0 aliphatic carbocycles. The molecule has 0 rings (SSSR count). The maximum atomic E-state index is 8.17. The monoisotopic (exact) mass is 278 g/mol. The fourth-order valence-electron chi connectivity index (χ4n) is 0.0577. The molecule has 0 aliphatic heterocycles. The van der Waals surface area contributed by atoms with Gasteiger partial charge in [0.1, 0.15) is 14.7 Å². The van der Waals surface area contributed by atoms with Crippen LogP contribution in [0.5, 0.6) is 0 Å². The molecule has 0 atom stereocenters. The summed E-state index contributed by atoms with van der Waals surface area (Å²) in [5.74, 6) is 0. The molecule has 0 unspecified atom stereocenters. The van der Waals surface area contributed by atoms with Crippen molar-refractivity contribution in [2.24, 2.45) is 11.5 Å². The highest BCUT2D eigenvalue weighted by atomic mass is 32.1. The molecule has 0 saturated heterocycles. The first-order chi connectivity index (χ1) is 6.27. The van der Waals surface area contributed by atoms with Gasteiger partial charge in [0, 0.05) is 0 Å². The van der Waals surface area contributed by atoms with Crippen LogP contribution < -0.4 is 11.5 Å². The minimum Gasteiger partial charge on any atom is -0.394 e. The Morgan fingerprint density at radius 2 is 1.21 bits per heavy atom. The van der Waals surface area contributed by atoms with Crippen LogP contribution in [-0.4, -0.2) is 43.3 Å². The number of hydrogen-bond donors (Lipinski definition) is 7. The van der Waals surface area contributed by atoms with E-state index in [1.165, 1.54) is 0 Å². The van der Waals surface area contributed by atoms with Crippen molar-refractivity contribution < 1.29 is 15.3 Å². The molecular formula is C5H14N2O3S4. The second-order valence-electron chi connectivity index (χ2n) is 1.70. The Labute approximate surface area is 104 Å². The summed E-state index contributed by atoms with van der Waals surface area (Å²) in [6.45, 7) is -0.729. The molecule has 0 aromatic rings. The van der Waals surface area contributed by atoms with Gasteiger partial charge in [-0.1, -0.05) is 24.4 Å². The minimum atomic E-state index is -0.954. The van der Waals surface area contributed by atoms with Crippen LogP contribution in [0.3, 0.4) is 0 Å². The molecular weight excluding hydrogens is 264 g/mol. The number of aliphatic hydroxyl groups is 3. The first-order valence-electron chi connectivity index (χ1n) is 3.14. The van der Waals surface area contributed by atoms with E-state index in [9.17, 15) is 0 Å². The molecule has 7 N–H and O–H groups in total. The van der Waals surface area contributed by atoms with E-state index < -0.39 is 6.10 Å².